The van der Waals surface area contributed by atoms with Crippen molar-refractivity contribution in [3.8, 4) is 6.07 Å². The highest BCUT2D eigenvalue weighted by Crippen LogP contribution is 2.20. The molecule has 0 saturated carbocycles. The van der Waals surface area contributed by atoms with Crippen LogP contribution in [0.2, 0.25) is 0 Å². The van der Waals surface area contributed by atoms with Crippen molar-refractivity contribution in [2.24, 2.45) is 5.92 Å². The van der Waals surface area contributed by atoms with Gasteiger partial charge in [0.15, 0.2) is 0 Å². The standard InChI is InChI=1S/C15H19N3/c1-12(2)10-17-11-13-4-3-5-15-14(13)6-8-18(15)9-7-16/h3-6,8,12,17H,9-11H2,1-2H3. The van der Waals surface area contributed by atoms with E-state index < -0.39 is 0 Å². The van der Waals surface area contributed by atoms with E-state index in [9.17, 15) is 0 Å². The van der Waals surface area contributed by atoms with Crippen LogP contribution in [0.3, 0.4) is 0 Å². The van der Waals surface area contributed by atoms with Crippen LogP contribution in [0, 0.1) is 17.2 Å². The summed E-state index contributed by atoms with van der Waals surface area (Å²) in [5, 5.41) is 13.5. The summed E-state index contributed by atoms with van der Waals surface area (Å²) in [7, 11) is 0. The molecule has 0 atom stereocenters. The average Bonchev–Trinajstić information content (AvgIpc) is 2.74. The number of aromatic nitrogens is 1. The van der Waals surface area contributed by atoms with Gasteiger partial charge in [0, 0.05) is 23.6 Å². The predicted octanol–water partition coefficient (Wildman–Crippen LogP) is 2.91. The maximum atomic E-state index is 8.79. The van der Waals surface area contributed by atoms with Gasteiger partial charge in [-0.1, -0.05) is 26.0 Å². The lowest BCUT2D eigenvalue weighted by molar-refractivity contribution is 0.553. The van der Waals surface area contributed by atoms with Crippen molar-refractivity contribution < 1.29 is 0 Å². The Morgan fingerprint density at radius 1 is 1.33 bits per heavy atom. The van der Waals surface area contributed by atoms with Crippen LogP contribution in [0.25, 0.3) is 10.9 Å². The van der Waals surface area contributed by atoms with Crippen LogP contribution >= 0.6 is 0 Å². The van der Waals surface area contributed by atoms with Crippen LogP contribution in [-0.2, 0) is 13.1 Å². The summed E-state index contributed by atoms with van der Waals surface area (Å²) in [6.07, 6.45) is 1.99. The second-order valence-electron chi connectivity index (χ2n) is 4.98. The molecular formula is C15H19N3. The van der Waals surface area contributed by atoms with Crippen LogP contribution in [0.4, 0.5) is 0 Å². The molecule has 18 heavy (non-hydrogen) atoms. The van der Waals surface area contributed by atoms with Crippen LogP contribution < -0.4 is 5.32 Å². The third-order valence-electron chi connectivity index (χ3n) is 3.01. The summed E-state index contributed by atoms with van der Waals surface area (Å²) in [6.45, 7) is 6.72. The summed E-state index contributed by atoms with van der Waals surface area (Å²) in [5.74, 6) is 0.660. The molecule has 0 saturated heterocycles. The van der Waals surface area contributed by atoms with Gasteiger partial charge in [-0.05, 0) is 30.2 Å². The molecule has 0 amide bonds. The lowest BCUT2D eigenvalue weighted by Gasteiger charge is -2.09. The van der Waals surface area contributed by atoms with Gasteiger partial charge in [-0.15, -0.1) is 0 Å². The predicted molar refractivity (Wildman–Crippen MR) is 74.1 cm³/mol. The van der Waals surface area contributed by atoms with Crippen molar-refractivity contribution >= 4 is 10.9 Å². The van der Waals surface area contributed by atoms with Crippen LogP contribution in [0.1, 0.15) is 19.4 Å². The Hall–Kier alpha value is -1.79. The quantitative estimate of drug-likeness (QED) is 0.874. The second-order valence-corrected chi connectivity index (χ2v) is 4.98. The van der Waals surface area contributed by atoms with Crippen LogP contribution in [-0.4, -0.2) is 11.1 Å². The van der Waals surface area contributed by atoms with Crippen molar-refractivity contribution in [2.75, 3.05) is 6.54 Å². The fourth-order valence-corrected chi connectivity index (χ4v) is 2.15. The van der Waals surface area contributed by atoms with E-state index in [2.05, 4.69) is 49.5 Å². The van der Waals surface area contributed by atoms with E-state index in [4.69, 9.17) is 5.26 Å². The third kappa shape index (κ3) is 2.72. The maximum Gasteiger partial charge on any atom is 0.110 e. The number of nitrogens with one attached hydrogen (secondary N) is 1. The molecule has 3 heteroatoms. The molecular weight excluding hydrogens is 222 g/mol. The topological polar surface area (TPSA) is 40.8 Å². The maximum absolute atomic E-state index is 8.79. The molecule has 0 aliphatic carbocycles. The fraction of sp³-hybridized carbons (Fsp3) is 0.400. The van der Waals surface area contributed by atoms with Crippen molar-refractivity contribution in [1.82, 2.24) is 9.88 Å². The summed E-state index contributed by atoms with van der Waals surface area (Å²) >= 11 is 0. The first-order chi connectivity index (χ1) is 8.72. The Labute approximate surface area is 108 Å². The molecule has 0 fully saturated rings. The highest BCUT2D eigenvalue weighted by molar-refractivity contribution is 5.83. The smallest absolute Gasteiger partial charge is 0.110 e. The summed E-state index contributed by atoms with van der Waals surface area (Å²) < 4.78 is 1.99. The number of benzene rings is 1. The minimum Gasteiger partial charge on any atom is -0.334 e. The Morgan fingerprint density at radius 3 is 2.89 bits per heavy atom. The van der Waals surface area contributed by atoms with Crippen LogP contribution in [0.15, 0.2) is 30.5 Å². The van der Waals surface area contributed by atoms with Gasteiger partial charge < -0.3 is 9.88 Å². The molecule has 3 nitrogen and oxygen atoms in total. The molecule has 1 N–H and O–H groups in total. The van der Waals surface area contributed by atoms with E-state index in [1.54, 1.807) is 0 Å². The molecule has 0 radical (unpaired) electrons. The molecule has 94 valence electrons. The molecule has 0 bridgehead atoms. The van der Waals surface area contributed by atoms with E-state index in [0.717, 1.165) is 18.6 Å². The Kier molecular flexibility index (Phi) is 4.01. The normalized spacial score (nSPS) is 11.0. The number of hydrogen-bond acceptors (Lipinski definition) is 2. The van der Waals surface area contributed by atoms with E-state index in [0.29, 0.717) is 12.5 Å². The van der Waals surface area contributed by atoms with Gasteiger partial charge in [-0.3, -0.25) is 0 Å². The van der Waals surface area contributed by atoms with Gasteiger partial charge in [0.2, 0.25) is 0 Å². The zero-order chi connectivity index (χ0) is 13.0. The number of rotatable bonds is 5. The zero-order valence-corrected chi connectivity index (χ0v) is 11.0. The van der Waals surface area contributed by atoms with Gasteiger partial charge in [0.1, 0.15) is 6.54 Å². The molecule has 0 spiro atoms. The highest BCUT2D eigenvalue weighted by Gasteiger charge is 2.05. The summed E-state index contributed by atoms with van der Waals surface area (Å²) in [4.78, 5) is 0. The zero-order valence-electron chi connectivity index (χ0n) is 11.0. The number of hydrogen-bond donors (Lipinski definition) is 1. The Bertz CT molecular complexity index is 561. The van der Waals surface area contributed by atoms with Gasteiger partial charge in [0.25, 0.3) is 0 Å². The first-order valence-corrected chi connectivity index (χ1v) is 6.36. The first-order valence-electron chi connectivity index (χ1n) is 6.36. The molecule has 0 aliphatic rings. The van der Waals surface area contributed by atoms with Crippen molar-refractivity contribution in [3.63, 3.8) is 0 Å². The van der Waals surface area contributed by atoms with E-state index in [1.807, 2.05) is 10.8 Å². The number of nitriles is 1. The summed E-state index contributed by atoms with van der Waals surface area (Å²) in [6, 6.07) is 10.6. The summed E-state index contributed by atoms with van der Waals surface area (Å²) in [5.41, 5.74) is 2.44. The third-order valence-corrected chi connectivity index (χ3v) is 3.01. The molecule has 1 heterocycles. The lowest BCUT2D eigenvalue weighted by Crippen LogP contribution is -2.19. The highest BCUT2D eigenvalue weighted by atomic mass is 14.9. The molecule has 1 aromatic heterocycles. The molecule has 2 aromatic rings. The lowest BCUT2D eigenvalue weighted by atomic mass is 10.1. The van der Waals surface area contributed by atoms with Crippen molar-refractivity contribution in [1.29, 1.82) is 5.26 Å². The van der Waals surface area contributed by atoms with Gasteiger partial charge in [-0.25, -0.2) is 0 Å². The van der Waals surface area contributed by atoms with E-state index in [-0.39, 0.29) is 0 Å². The van der Waals surface area contributed by atoms with Gasteiger partial charge >= 0.3 is 0 Å². The van der Waals surface area contributed by atoms with Gasteiger partial charge in [-0.2, -0.15) is 5.26 Å². The van der Waals surface area contributed by atoms with E-state index >= 15 is 0 Å². The minimum atomic E-state index is 0.409. The molecule has 0 unspecified atom stereocenters. The van der Waals surface area contributed by atoms with Gasteiger partial charge in [0.05, 0.1) is 6.07 Å². The average molecular weight is 241 g/mol. The minimum absolute atomic E-state index is 0.409. The van der Waals surface area contributed by atoms with E-state index in [1.165, 1.54) is 10.9 Å². The largest absolute Gasteiger partial charge is 0.334 e. The SMILES string of the molecule is CC(C)CNCc1cccc2c1ccn2CC#N. The van der Waals surface area contributed by atoms with Crippen molar-refractivity contribution in [2.45, 2.75) is 26.9 Å². The Balaban J connectivity index is 2.21. The molecule has 1 aromatic carbocycles. The molecule has 2 rings (SSSR count). The second kappa shape index (κ2) is 5.70. The monoisotopic (exact) mass is 241 g/mol. The number of fused-ring (bicyclic) bond motifs is 1. The van der Waals surface area contributed by atoms with Crippen molar-refractivity contribution in [3.05, 3.63) is 36.0 Å². The fourth-order valence-electron chi connectivity index (χ4n) is 2.15. The molecule has 0 aliphatic heterocycles. The number of nitrogens with zero attached hydrogens (tertiary/aromatic N) is 2. The van der Waals surface area contributed by atoms with Crippen LogP contribution in [0.5, 0.6) is 0 Å². The first kappa shape index (κ1) is 12.7. The Morgan fingerprint density at radius 2 is 2.17 bits per heavy atom.